The van der Waals surface area contributed by atoms with Crippen LogP contribution in [0, 0.1) is 0 Å². The molecular formula is C39H36ClNO4. The maximum Gasteiger partial charge on any atom is 0.180 e. The molecule has 6 heteroatoms. The SMILES string of the molecule is COc1cc(C2C3=C(CCCC3=O)N(CCc3ccccc3)C3=C2C(=O)CCC3)cc(Cl)c1OCc1cccc2ccccc12. The van der Waals surface area contributed by atoms with Crippen molar-refractivity contribution < 1.29 is 19.1 Å². The number of fused-ring (bicyclic) bond motifs is 1. The molecule has 5 nitrogen and oxygen atoms in total. The van der Waals surface area contributed by atoms with Crippen LogP contribution in [0.4, 0.5) is 0 Å². The Labute approximate surface area is 269 Å². The Kier molecular flexibility index (Phi) is 8.20. The highest BCUT2D eigenvalue weighted by atomic mass is 35.5. The quantitative estimate of drug-likeness (QED) is 0.198. The van der Waals surface area contributed by atoms with Gasteiger partial charge in [0.15, 0.2) is 23.1 Å². The van der Waals surface area contributed by atoms with Gasteiger partial charge in [0.1, 0.15) is 6.61 Å². The van der Waals surface area contributed by atoms with Gasteiger partial charge in [0, 0.05) is 47.8 Å². The molecule has 0 radical (unpaired) electrons. The summed E-state index contributed by atoms with van der Waals surface area (Å²) in [6.07, 6.45) is 5.06. The largest absolute Gasteiger partial charge is 0.493 e. The zero-order chi connectivity index (χ0) is 30.9. The number of benzene rings is 4. The molecule has 1 aliphatic heterocycles. The van der Waals surface area contributed by atoms with Crippen molar-refractivity contribution in [3.05, 3.63) is 129 Å². The van der Waals surface area contributed by atoms with Crippen LogP contribution in [0.15, 0.2) is 107 Å². The van der Waals surface area contributed by atoms with E-state index in [-0.39, 0.29) is 11.6 Å². The van der Waals surface area contributed by atoms with Crippen LogP contribution in [-0.2, 0) is 22.6 Å². The fourth-order valence-corrected chi connectivity index (χ4v) is 7.59. The average molecular weight is 618 g/mol. The lowest BCUT2D eigenvalue weighted by molar-refractivity contribution is -0.117. The van der Waals surface area contributed by atoms with E-state index in [2.05, 4.69) is 47.4 Å². The second-order valence-corrected chi connectivity index (χ2v) is 12.5. The van der Waals surface area contributed by atoms with Crippen molar-refractivity contribution in [3.8, 4) is 11.5 Å². The van der Waals surface area contributed by atoms with Crippen LogP contribution in [0.2, 0.25) is 5.02 Å². The van der Waals surface area contributed by atoms with E-state index in [1.807, 2.05) is 42.5 Å². The lowest BCUT2D eigenvalue weighted by atomic mass is 9.71. The van der Waals surface area contributed by atoms with Gasteiger partial charge in [0.05, 0.1) is 12.1 Å². The molecule has 1 heterocycles. The molecule has 3 aliphatic rings. The Morgan fingerprint density at radius 3 is 2.18 bits per heavy atom. The number of ether oxygens (including phenoxy) is 2. The summed E-state index contributed by atoms with van der Waals surface area (Å²) >= 11 is 6.97. The molecule has 0 atom stereocenters. The summed E-state index contributed by atoms with van der Waals surface area (Å²) in [5.41, 5.74) is 6.69. The second kappa shape index (κ2) is 12.6. The van der Waals surface area contributed by atoms with E-state index in [4.69, 9.17) is 21.1 Å². The molecule has 4 aromatic rings. The number of hydrogen-bond donors (Lipinski definition) is 0. The Balaban J connectivity index is 1.27. The van der Waals surface area contributed by atoms with Crippen LogP contribution in [0.25, 0.3) is 10.8 Å². The number of halogens is 1. The average Bonchev–Trinajstić information content (AvgIpc) is 3.07. The molecule has 4 aromatic carbocycles. The molecule has 7 rings (SSSR count). The van der Waals surface area contributed by atoms with Crippen molar-refractivity contribution >= 4 is 33.9 Å². The highest BCUT2D eigenvalue weighted by molar-refractivity contribution is 6.32. The van der Waals surface area contributed by atoms with E-state index >= 15 is 0 Å². The monoisotopic (exact) mass is 617 g/mol. The highest BCUT2D eigenvalue weighted by Gasteiger charge is 2.43. The van der Waals surface area contributed by atoms with Crippen molar-refractivity contribution in [2.24, 2.45) is 0 Å². The minimum atomic E-state index is -0.470. The molecule has 0 unspecified atom stereocenters. The van der Waals surface area contributed by atoms with Gasteiger partial charge in [-0.25, -0.2) is 0 Å². The van der Waals surface area contributed by atoms with Gasteiger partial charge in [-0.2, -0.15) is 0 Å². The van der Waals surface area contributed by atoms with Crippen molar-refractivity contribution in [3.63, 3.8) is 0 Å². The first-order valence-electron chi connectivity index (χ1n) is 15.8. The normalized spacial score (nSPS) is 17.1. The molecule has 0 bridgehead atoms. The minimum Gasteiger partial charge on any atom is -0.493 e. The first kappa shape index (κ1) is 29.4. The van der Waals surface area contributed by atoms with Crippen LogP contribution in [0.5, 0.6) is 11.5 Å². The van der Waals surface area contributed by atoms with Gasteiger partial charge < -0.3 is 14.4 Å². The number of nitrogens with zero attached hydrogens (tertiary/aromatic N) is 1. The molecule has 0 saturated heterocycles. The lowest BCUT2D eigenvalue weighted by Crippen LogP contribution is -2.40. The van der Waals surface area contributed by atoms with Crippen molar-refractivity contribution in [1.82, 2.24) is 4.90 Å². The maximum absolute atomic E-state index is 13.8. The molecule has 0 N–H and O–H groups in total. The standard InChI is InChI=1S/C39H36ClNO4/c1-44-35-23-28(22-30(40)39(35)45-24-27-14-7-13-26-12-5-6-15-29(26)27)36-37-31(16-8-18-33(37)42)41(21-20-25-10-3-2-4-11-25)32-17-9-19-34(43)38(32)36/h2-7,10-15,22-23,36H,8-9,16-21,24H2,1H3. The Morgan fingerprint density at radius 2 is 1.47 bits per heavy atom. The topological polar surface area (TPSA) is 55.8 Å². The molecule has 0 amide bonds. The number of Topliss-reactive ketones (excluding diaryl/α,β-unsaturated/α-hetero) is 2. The minimum absolute atomic E-state index is 0.113. The van der Waals surface area contributed by atoms with Gasteiger partial charge in [-0.3, -0.25) is 9.59 Å². The van der Waals surface area contributed by atoms with Crippen LogP contribution < -0.4 is 9.47 Å². The molecule has 0 saturated carbocycles. The number of methoxy groups -OCH3 is 1. The van der Waals surface area contributed by atoms with Crippen molar-refractivity contribution in [1.29, 1.82) is 0 Å². The summed E-state index contributed by atoms with van der Waals surface area (Å²) in [5.74, 6) is 0.691. The van der Waals surface area contributed by atoms with Gasteiger partial charge in [0.25, 0.3) is 0 Å². The van der Waals surface area contributed by atoms with E-state index in [9.17, 15) is 9.59 Å². The highest BCUT2D eigenvalue weighted by Crippen LogP contribution is 2.51. The summed E-state index contributed by atoms with van der Waals surface area (Å²) in [7, 11) is 1.60. The van der Waals surface area contributed by atoms with Crippen molar-refractivity contribution in [2.45, 2.75) is 57.5 Å². The first-order chi connectivity index (χ1) is 22.0. The predicted molar refractivity (Wildman–Crippen MR) is 178 cm³/mol. The molecule has 0 spiro atoms. The van der Waals surface area contributed by atoms with Crippen molar-refractivity contribution in [2.75, 3.05) is 13.7 Å². The van der Waals surface area contributed by atoms with Gasteiger partial charge in [-0.05, 0) is 71.7 Å². The molecule has 0 fully saturated rings. The van der Waals surface area contributed by atoms with Crippen LogP contribution in [0.1, 0.15) is 61.1 Å². The van der Waals surface area contributed by atoms with Crippen LogP contribution in [-0.4, -0.2) is 30.1 Å². The van der Waals surface area contributed by atoms with Gasteiger partial charge in [-0.1, -0.05) is 84.4 Å². The fraction of sp³-hybridized carbons (Fsp3) is 0.282. The molecule has 2 aliphatic carbocycles. The van der Waals surface area contributed by atoms with E-state index < -0.39 is 5.92 Å². The summed E-state index contributed by atoms with van der Waals surface area (Å²) < 4.78 is 12.2. The predicted octanol–water partition coefficient (Wildman–Crippen LogP) is 8.74. The number of ketones is 2. The maximum atomic E-state index is 13.8. The molecular weight excluding hydrogens is 582 g/mol. The summed E-state index contributed by atoms with van der Waals surface area (Å²) in [6, 6.07) is 28.5. The van der Waals surface area contributed by atoms with E-state index in [1.165, 1.54) is 5.56 Å². The van der Waals surface area contributed by atoms with E-state index in [0.717, 1.165) is 83.1 Å². The Morgan fingerprint density at radius 1 is 0.800 bits per heavy atom. The third-order valence-corrected chi connectivity index (χ3v) is 9.67. The summed E-state index contributed by atoms with van der Waals surface area (Å²) in [4.78, 5) is 29.9. The lowest BCUT2D eigenvalue weighted by Gasteiger charge is -2.44. The third-order valence-electron chi connectivity index (χ3n) is 9.39. The third kappa shape index (κ3) is 5.55. The zero-order valence-electron chi connectivity index (χ0n) is 25.5. The zero-order valence-corrected chi connectivity index (χ0v) is 26.2. The molecule has 228 valence electrons. The number of carbonyl (C=O) groups is 2. The second-order valence-electron chi connectivity index (χ2n) is 12.1. The van der Waals surface area contributed by atoms with Gasteiger partial charge in [0.2, 0.25) is 0 Å². The fourth-order valence-electron chi connectivity index (χ4n) is 7.32. The Bertz CT molecular complexity index is 1810. The number of carbonyl (C=O) groups excluding carboxylic acids is 2. The van der Waals surface area contributed by atoms with E-state index in [1.54, 1.807) is 7.11 Å². The number of allylic oxidation sites excluding steroid dienone is 4. The summed E-state index contributed by atoms with van der Waals surface area (Å²) in [5, 5.41) is 2.66. The van der Waals surface area contributed by atoms with Gasteiger partial charge >= 0.3 is 0 Å². The van der Waals surface area contributed by atoms with Crippen LogP contribution in [0.3, 0.4) is 0 Å². The van der Waals surface area contributed by atoms with Gasteiger partial charge in [-0.15, -0.1) is 0 Å². The summed E-state index contributed by atoms with van der Waals surface area (Å²) in [6.45, 7) is 1.05. The smallest absolute Gasteiger partial charge is 0.180 e. The number of rotatable bonds is 8. The molecule has 45 heavy (non-hydrogen) atoms. The van der Waals surface area contributed by atoms with Crippen LogP contribution >= 0.6 is 11.6 Å². The first-order valence-corrected chi connectivity index (χ1v) is 16.2. The Hall–Kier alpha value is -4.35. The molecule has 0 aromatic heterocycles. The van der Waals surface area contributed by atoms with E-state index in [0.29, 0.717) is 36.0 Å². The number of hydrogen-bond acceptors (Lipinski definition) is 5.